The molecule has 0 radical (unpaired) electrons. The molecule has 1 aliphatic carbocycles. The van der Waals surface area contributed by atoms with Crippen molar-refractivity contribution in [1.82, 2.24) is 4.90 Å². The number of nitrogens with zero attached hydrogens (tertiary/aromatic N) is 1. The normalized spacial score (nSPS) is 37.1. The van der Waals surface area contributed by atoms with Crippen molar-refractivity contribution < 1.29 is 5.11 Å². The van der Waals surface area contributed by atoms with E-state index in [9.17, 15) is 5.11 Å². The van der Waals surface area contributed by atoms with Crippen molar-refractivity contribution in [3.63, 3.8) is 0 Å². The monoisotopic (exact) mass is 197 g/mol. The van der Waals surface area contributed by atoms with Crippen LogP contribution in [0.1, 0.15) is 39.5 Å². The second-order valence-electron chi connectivity index (χ2n) is 5.38. The molecule has 0 bridgehead atoms. The van der Waals surface area contributed by atoms with E-state index >= 15 is 0 Å². The molecule has 0 aromatic carbocycles. The van der Waals surface area contributed by atoms with Gasteiger partial charge >= 0.3 is 0 Å². The largest absolute Gasteiger partial charge is 0.392 e. The molecular weight excluding hydrogens is 174 g/mol. The fourth-order valence-electron chi connectivity index (χ4n) is 2.60. The Bertz CT molecular complexity index is 191. The highest BCUT2D eigenvalue weighted by molar-refractivity contribution is 4.86. The quantitative estimate of drug-likeness (QED) is 0.746. The zero-order valence-corrected chi connectivity index (χ0v) is 9.45. The molecule has 2 heteroatoms. The summed E-state index contributed by atoms with van der Waals surface area (Å²) >= 11 is 0. The van der Waals surface area contributed by atoms with Crippen molar-refractivity contribution in [2.75, 3.05) is 13.1 Å². The van der Waals surface area contributed by atoms with Crippen LogP contribution in [0.25, 0.3) is 0 Å². The lowest BCUT2D eigenvalue weighted by atomic mass is 9.93. The Morgan fingerprint density at radius 2 is 2.00 bits per heavy atom. The highest BCUT2D eigenvalue weighted by Crippen LogP contribution is 2.33. The molecule has 0 aromatic rings. The minimum atomic E-state index is -0.0501. The minimum Gasteiger partial charge on any atom is -0.392 e. The van der Waals surface area contributed by atoms with Crippen molar-refractivity contribution in [3.05, 3.63) is 0 Å². The first-order valence-corrected chi connectivity index (χ1v) is 6.09. The minimum absolute atomic E-state index is 0.0501. The summed E-state index contributed by atoms with van der Waals surface area (Å²) in [7, 11) is 0. The van der Waals surface area contributed by atoms with Crippen LogP contribution in [-0.2, 0) is 0 Å². The van der Waals surface area contributed by atoms with Gasteiger partial charge in [-0.3, -0.25) is 4.90 Å². The SMILES string of the molecule is CC1CCN(CC(O)C2CC2)C(C)C1. The molecular formula is C12H23NO. The molecule has 14 heavy (non-hydrogen) atoms. The van der Waals surface area contributed by atoms with Crippen LogP contribution in [-0.4, -0.2) is 35.2 Å². The van der Waals surface area contributed by atoms with E-state index in [4.69, 9.17) is 0 Å². The first kappa shape index (κ1) is 10.4. The van der Waals surface area contributed by atoms with Gasteiger partial charge in [-0.1, -0.05) is 6.92 Å². The van der Waals surface area contributed by atoms with Gasteiger partial charge < -0.3 is 5.11 Å². The Hall–Kier alpha value is -0.0800. The topological polar surface area (TPSA) is 23.5 Å². The van der Waals surface area contributed by atoms with Gasteiger partial charge in [-0.05, 0) is 51.0 Å². The molecule has 2 nitrogen and oxygen atoms in total. The van der Waals surface area contributed by atoms with Gasteiger partial charge in [-0.15, -0.1) is 0 Å². The molecule has 2 aliphatic rings. The Morgan fingerprint density at radius 1 is 1.29 bits per heavy atom. The van der Waals surface area contributed by atoms with Crippen LogP contribution in [0.3, 0.4) is 0 Å². The first-order chi connectivity index (χ1) is 6.66. The van der Waals surface area contributed by atoms with E-state index in [-0.39, 0.29) is 6.10 Å². The van der Waals surface area contributed by atoms with E-state index in [0.717, 1.165) is 12.5 Å². The predicted molar refractivity (Wildman–Crippen MR) is 58.2 cm³/mol. The number of β-amino-alcohol motifs (C(OH)–C–C–N with tert-alkyl or cyclic N) is 1. The Kier molecular flexibility index (Phi) is 3.13. The third kappa shape index (κ3) is 2.48. The van der Waals surface area contributed by atoms with Crippen LogP contribution in [0.5, 0.6) is 0 Å². The molecule has 3 atom stereocenters. The maximum Gasteiger partial charge on any atom is 0.0695 e. The summed E-state index contributed by atoms with van der Waals surface area (Å²) in [4.78, 5) is 2.48. The summed E-state index contributed by atoms with van der Waals surface area (Å²) in [6, 6.07) is 0.673. The van der Waals surface area contributed by atoms with Gasteiger partial charge in [0.2, 0.25) is 0 Å². The van der Waals surface area contributed by atoms with Gasteiger partial charge in [0.25, 0.3) is 0 Å². The molecule has 3 unspecified atom stereocenters. The Balaban J connectivity index is 1.78. The third-order valence-electron chi connectivity index (χ3n) is 3.86. The van der Waals surface area contributed by atoms with Gasteiger partial charge in [0.1, 0.15) is 0 Å². The van der Waals surface area contributed by atoms with Crippen LogP contribution < -0.4 is 0 Å². The van der Waals surface area contributed by atoms with E-state index in [1.807, 2.05) is 0 Å². The van der Waals surface area contributed by atoms with Crippen molar-refractivity contribution in [1.29, 1.82) is 0 Å². The molecule has 2 fully saturated rings. The summed E-state index contributed by atoms with van der Waals surface area (Å²) in [6.07, 6.45) is 5.06. The zero-order valence-electron chi connectivity index (χ0n) is 9.45. The summed E-state index contributed by atoms with van der Waals surface area (Å²) in [5.74, 6) is 1.50. The molecule has 2 rings (SSSR count). The second-order valence-corrected chi connectivity index (χ2v) is 5.38. The number of piperidine rings is 1. The highest BCUT2D eigenvalue weighted by Gasteiger charge is 2.33. The Labute approximate surface area is 87.3 Å². The molecule has 1 saturated carbocycles. The molecule has 1 aliphatic heterocycles. The van der Waals surface area contributed by atoms with Gasteiger partial charge in [0, 0.05) is 12.6 Å². The summed E-state index contributed by atoms with van der Waals surface area (Å²) in [6.45, 7) is 6.74. The Morgan fingerprint density at radius 3 is 2.57 bits per heavy atom. The number of aliphatic hydroxyl groups is 1. The van der Waals surface area contributed by atoms with Crippen LogP contribution in [0.15, 0.2) is 0 Å². The zero-order chi connectivity index (χ0) is 10.1. The summed E-state index contributed by atoms with van der Waals surface area (Å²) in [5, 5.41) is 9.88. The van der Waals surface area contributed by atoms with Crippen molar-refractivity contribution >= 4 is 0 Å². The molecule has 1 heterocycles. The lowest BCUT2D eigenvalue weighted by Gasteiger charge is -2.37. The fourth-order valence-corrected chi connectivity index (χ4v) is 2.60. The van der Waals surface area contributed by atoms with E-state index in [1.54, 1.807) is 0 Å². The smallest absolute Gasteiger partial charge is 0.0695 e. The second kappa shape index (κ2) is 4.19. The number of rotatable bonds is 3. The van der Waals surface area contributed by atoms with Gasteiger partial charge in [-0.2, -0.15) is 0 Å². The summed E-state index contributed by atoms with van der Waals surface area (Å²) < 4.78 is 0. The molecule has 1 saturated heterocycles. The molecule has 82 valence electrons. The van der Waals surface area contributed by atoms with E-state index in [1.165, 1.54) is 32.2 Å². The van der Waals surface area contributed by atoms with Crippen LogP contribution in [0.2, 0.25) is 0 Å². The van der Waals surface area contributed by atoms with Crippen LogP contribution >= 0.6 is 0 Å². The lowest BCUT2D eigenvalue weighted by molar-refractivity contribution is 0.0500. The number of likely N-dealkylation sites (tertiary alicyclic amines) is 1. The molecule has 0 amide bonds. The highest BCUT2D eigenvalue weighted by atomic mass is 16.3. The number of hydrogen-bond acceptors (Lipinski definition) is 2. The van der Waals surface area contributed by atoms with E-state index in [2.05, 4.69) is 18.7 Å². The maximum atomic E-state index is 9.88. The number of hydrogen-bond donors (Lipinski definition) is 1. The number of aliphatic hydroxyl groups excluding tert-OH is 1. The van der Waals surface area contributed by atoms with Crippen molar-refractivity contribution in [3.8, 4) is 0 Å². The average Bonchev–Trinajstić information content (AvgIpc) is 2.92. The van der Waals surface area contributed by atoms with Gasteiger partial charge in [-0.25, -0.2) is 0 Å². The third-order valence-corrected chi connectivity index (χ3v) is 3.86. The van der Waals surface area contributed by atoms with Crippen molar-refractivity contribution in [2.24, 2.45) is 11.8 Å². The van der Waals surface area contributed by atoms with Crippen LogP contribution in [0.4, 0.5) is 0 Å². The molecule has 0 aromatic heterocycles. The standard InChI is InChI=1S/C12H23NO/c1-9-5-6-13(10(2)7-9)8-12(14)11-3-4-11/h9-12,14H,3-8H2,1-2H3. The lowest BCUT2D eigenvalue weighted by Crippen LogP contribution is -2.44. The van der Waals surface area contributed by atoms with Gasteiger partial charge in [0.05, 0.1) is 6.10 Å². The average molecular weight is 197 g/mol. The van der Waals surface area contributed by atoms with Crippen LogP contribution in [0, 0.1) is 11.8 Å². The first-order valence-electron chi connectivity index (χ1n) is 6.09. The molecule has 0 spiro atoms. The molecule has 1 N–H and O–H groups in total. The maximum absolute atomic E-state index is 9.88. The van der Waals surface area contributed by atoms with Gasteiger partial charge in [0.15, 0.2) is 0 Å². The fraction of sp³-hybridized carbons (Fsp3) is 1.00. The van der Waals surface area contributed by atoms with Crippen molar-refractivity contribution in [2.45, 2.75) is 51.7 Å². The van der Waals surface area contributed by atoms with E-state index in [0.29, 0.717) is 12.0 Å². The predicted octanol–water partition coefficient (Wildman–Crippen LogP) is 1.88. The van der Waals surface area contributed by atoms with E-state index < -0.39 is 0 Å². The summed E-state index contributed by atoms with van der Waals surface area (Å²) in [5.41, 5.74) is 0.